The summed E-state index contributed by atoms with van der Waals surface area (Å²) in [5.74, 6) is -1.57. The van der Waals surface area contributed by atoms with Crippen LogP contribution in [0.5, 0.6) is 0 Å². The number of esters is 1. The van der Waals surface area contributed by atoms with Crippen molar-refractivity contribution < 1.29 is 33.7 Å². The van der Waals surface area contributed by atoms with Gasteiger partial charge in [0.1, 0.15) is 36.5 Å². The first-order chi connectivity index (χ1) is 17.8. The molecule has 2 aliphatic heterocycles. The second kappa shape index (κ2) is 11.2. The average molecular weight is 547 g/mol. The van der Waals surface area contributed by atoms with E-state index in [1.54, 1.807) is 6.08 Å². The van der Waals surface area contributed by atoms with E-state index in [0.29, 0.717) is 17.7 Å². The molecule has 16 heteroatoms. The van der Waals surface area contributed by atoms with Gasteiger partial charge >= 0.3 is 5.97 Å². The van der Waals surface area contributed by atoms with Crippen LogP contribution < -0.4 is 10.6 Å². The Kier molecular flexibility index (Phi) is 7.78. The molecule has 4 rings (SSSR count). The third-order valence-corrected chi connectivity index (χ3v) is 7.14. The molecular weight excluding hydrogens is 528 g/mol. The molecule has 0 radical (unpaired) electrons. The normalized spacial score (nSPS) is 18.6. The number of fused-ring (bicyclic) bond motifs is 1. The van der Waals surface area contributed by atoms with Gasteiger partial charge in [0.25, 0.3) is 17.5 Å². The molecule has 1 fully saturated rings. The average Bonchev–Trinajstić information content (AvgIpc) is 3.36. The lowest BCUT2D eigenvalue weighted by Crippen LogP contribution is -2.70. The number of benzene rings is 1. The lowest BCUT2D eigenvalue weighted by Gasteiger charge is -2.48. The molecule has 2 N–H and O–H groups in total. The maximum absolute atomic E-state index is 12.9. The highest BCUT2D eigenvalue weighted by Crippen LogP contribution is 2.38. The standard InChI is InChI=1S/C21H18N6O8S2/c1-34-25-15(13-9-37-21(23-13)22-10-28)17(29)24-16-18(30)26-14(6-7-36-19(16)26)20(31)35-8-11-2-4-12(5-3-11)27(32)33/h2-6,9-10,16,19H,7-8H2,1H3,(H,24,29)(H,22,23,28)/b25-15-/t16-,19-/m1/s1. The van der Waals surface area contributed by atoms with Crippen LogP contribution in [-0.2, 0) is 35.4 Å². The molecular formula is C21H18N6O8S2. The molecule has 0 bridgehead atoms. The third-order valence-electron chi connectivity index (χ3n) is 5.19. The number of nitrogens with one attached hydrogen (secondary N) is 2. The summed E-state index contributed by atoms with van der Waals surface area (Å²) in [4.78, 5) is 69.4. The number of oxime groups is 1. The molecule has 0 saturated carbocycles. The zero-order chi connectivity index (χ0) is 26.5. The smallest absolute Gasteiger partial charge is 0.355 e. The van der Waals surface area contributed by atoms with Gasteiger partial charge in [0.15, 0.2) is 10.8 Å². The molecule has 0 spiro atoms. The molecule has 1 aromatic carbocycles. The topological polar surface area (TPSA) is 182 Å². The lowest BCUT2D eigenvalue weighted by molar-refractivity contribution is -0.384. The monoisotopic (exact) mass is 546 g/mol. The van der Waals surface area contributed by atoms with Crippen molar-refractivity contribution in [3.05, 3.63) is 62.8 Å². The molecule has 3 heterocycles. The molecule has 0 aliphatic carbocycles. The molecule has 2 aliphatic rings. The molecule has 0 unspecified atom stereocenters. The summed E-state index contributed by atoms with van der Waals surface area (Å²) in [5, 5.41) is 20.6. The molecule has 3 amide bonds. The molecule has 1 saturated heterocycles. The van der Waals surface area contributed by atoms with E-state index in [0.717, 1.165) is 11.3 Å². The quantitative estimate of drug-likeness (QED) is 0.109. The molecule has 1 aromatic heterocycles. The highest BCUT2D eigenvalue weighted by molar-refractivity contribution is 8.00. The van der Waals surface area contributed by atoms with E-state index in [4.69, 9.17) is 9.57 Å². The highest BCUT2D eigenvalue weighted by atomic mass is 32.2. The SMILES string of the molecule is CO/N=C(\C(=O)N[C@@H]1C(=O)N2C(C(=O)OCc3ccc([N+](=O)[O-])cc3)=CCS[C@H]12)c1csc(NC=O)n1. The van der Waals surface area contributed by atoms with Gasteiger partial charge in [-0.2, -0.15) is 0 Å². The number of carbonyl (C=O) groups excluding carboxylic acids is 4. The van der Waals surface area contributed by atoms with Crippen LogP contribution in [0.4, 0.5) is 10.8 Å². The van der Waals surface area contributed by atoms with Crippen LogP contribution in [0.25, 0.3) is 0 Å². The molecule has 14 nitrogen and oxygen atoms in total. The highest BCUT2D eigenvalue weighted by Gasteiger charge is 2.53. The van der Waals surface area contributed by atoms with Crippen LogP contribution in [-0.4, -0.2) is 69.0 Å². The van der Waals surface area contributed by atoms with Crippen molar-refractivity contribution >= 4 is 63.8 Å². The van der Waals surface area contributed by atoms with E-state index in [-0.39, 0.29) is 34.5 Å². The zero-order valence-electron chi connectivity index (χ0n) is 19.0. The lowest BCUT2D eigenvalue weighted by atomic mass is 10.0. The van der Waals surface area contributed by atoms with Gasteiger partial charge in [-0.3, -0.25) is 29.4 Å². The van der Waals surface area contributed by atoms with Gasteiger partial charge in [-0.15, -0.1) is 23.1 Å². The summed E-state index contributed by atoms with van der Waals surface area (Å²) in [5.41, 5.74) is 0.457. The third kappa shape index (κ3) is 5.44. The summed E-state index contributed by atoms with van der Waals surface area (Å²) in [7, 11) is 1.25. The minimum absolute atomic E-state index is 0.0519. The number of ether oxygens (including phenoxy) is 1. The predicted octanol–water partition coefficient (Wildman–Crippen LogP) is 0.997. The fraction of sp³-hybridized carbons (Fsp3) is 0.238. The number of thioether (sulfide) groups is 1. The Morgan fingerprint density at radius 2 is 2.11 bits per heavy atom. The number of nitro groups is 1. The van der Waals surface area contributed by atoms with Gasteiger partial charge in [0.2, 0.25) is 6.41 Å². The summed E-state index contributed by atoms with van der Waals surface area (Å²) >= 11 is 2.42. The number of aromatic nitrogens is 1. The first kappa shape index (κ1) is 25.8. The van der Waals surface area contributed by atoms with Crippen molar-refractivity contribution in [1.82, 2.24) is 15.2 Å². The summed E-state index contributed by atoms with van der Waals surface area (Å²) < 4.78 is 5.29. The first-order valence-electron chi connectivity index (χ1n) is 10.5. The number of hydrogen-bond donors (Lipinski definition) is 2. The van der Waals surface area contributed by atoms with E-state index in [1.165, 1.54) is 53.4 Å². The molecule has 192 valence electrons. The molecule has 37 heavy (non-hydrogen) atoms. The number of thiazole rings is 1. The number of rotatable bonds is 10. The van der Waals surface area contributed by atoms with Crippen molar-refractivity contribution in [1.29, 1.82) is 0 Å². The Bertz CT molecular complexity index is 1310. The van der Waals surface area contributed by atoms with Crippen molar-refractivity contribution in [3.8, 4) is 0 Å². The zero-order valence-corrected chi connectivity index (χ0v) is 20.6. The van der Waals surface area contributed by atoms with Gasteiger partial charge in [0, 0.05) is 23.3 Å². The van der Waals surface area contributed by atoms with Crippen LogP contribution in [0, 0.1) is 10.1 Å². The van der Waals surface area contributed by atoms with Crippen molar-refractivity contribution in [2.45, 2.75) is 18.0 Å². The molecule has 2 aromatic rings. The van der Waals surface area contributed by atoms with Crippen molar-refractivity contribution in [3.63, 3.8) is 0 Å². The number of carbonyl (C=O) groups is 4. The minimum atomic E-state index is -0.933. The van der Waals surface area contributed by atoms with E-state index in [9.17, 15) is 29.3 Å². The van der Waals surface area contributed by atoms with Gasteiger partial charge in [-0.05, 0) is 23.8 Å². The fourth-order valence-corrected chi connectivity index (χ4v) is 5.32. The number of nitrogens with zero attached hydrogens (tertiary/aromatic N) is 4. The van der Waals surface area contributed by atoms with E-state index < -0.39 is 34.1 Å². The number of nitro benzene ring substituents is 1. The van der Waals surface area contributed by atoms with Crippen LogP contribution in [0.15, 0.2) is 46.6 Å². The molecule has 2 atom stereocenters. The Labute approximate surface area is 216 Å². The van der Waals surface area contributed by atoms with E-state index in [2.05, 4.69) is 20.8 Å². The Morgan fingerprint density at radius 1 is 1.35 bits per heavy atom. The number of β-lactam (4-membered cyclic amide) rings is 1. The Morgan fingerprint density at radius 3 is 2.78 bits per heavy atom. The summed E-state index contributed by atoms with van der Waals surface area (Å²) in [6.07, 6.45) is 2.00. The van der Waals surface area contributed by atoms with Crippen LogP contribution in [0.3, 0.4) is 0 Å². The van der Waals surface area contributed by atoms with Gasteiger partial charge in [-0.25, -0.2) is 9.78 Å². The summed E-state index contributed by atoms with van der Waals surface area (Å²) in [6.45, 7) is -0.139. The maximum atomic E-state index is 12.9. The van der Waals surface area contributed by atoms with Crippen LogP contribution >= 0.6 is 23.1 Å². The Hall–Kier alpha value is -4.31. The Balaban J connectivity index is 1.38. The minimum Gasteiger partial charge on any atom is -0.456 e. The van der Waals surface area contributed by atoms with Crippen LogP contribution in [0.1, 0.15) is 11.3 Å². The first-order valence-corrected chi connectivity index (χ1v) is 12.4. The van der Waals surface area contributed by atoms with Gasteiger partial charge in [-0.1, -0.05) is 5.16 Å². The van der Waals surface area contributed by atoms with Crippen molar-refractivity contribution in [2.75, 3.05) is 18.2 Å². The fourth-order valence-electron chi connectivity index (χ4n) is 3.47. The second-order valence-corrected chi connectivity index (χ2v) is 9.40. The van der Waals surface area contributed by atoms with Crippen LogP contribution in [0.2, 0.25) is 0 Å². The number of hydrogen-bond acceptors (Lipinski definition) is 12. The number of non-ortho nitro benzene ring substituents is 1. The van der Waals surface area contributed by atoms with Gasteiger partial charge < -0.3 is 20.2 Å². The summed E-state index contributed by atoms with van der Waals surface area (Å²) in [6, 6.07) is 4.61. The number of anilines is 1. The van der Waals surface area contributed by atoms with Gasteiger partial charge in [0.05, 0.1) is 4.92 Å². The maximum Gasteiger partial charge on any atom is 0.355 e. The predicted molar refractivity (Wildman–Crippen MR) is 131 cm³/mol. The largest absolute Gasteiger partial charge is 0.456 e. The van der Waals surface area contributed by atoms with E-state index >= 15 is 0 Å². The van der Waals surface area contributed by atoms with Crippen molar-refractivity contribution in [2.24, 2.45) is 5.16 Å². The number of amides is 3. The van der Waals surface area contributed by atoms with E-state index in [1.807, 2.05) is 0 Å². The second-order valence-electron chi connectivity index (χ2n) is 7.39.